The Morgan fingerprint density at radius 3 is 2.85 bits per heavy atom. The first kappa shape index (κ1) is 15.1. The maximum absolute atomic E-state index is 12.0. The molecule has 1 aliphatic heterocycles. The van der Waals surface area contributed by atoms with Crippen molar-refractivity contribution in [2.75, 3.05) is 24.5 Å². The van der Waals surface area contributed by atoms with Gasteiger partial charge >= 0.3 is 0 Å². The molecule has 0 unspecified atom stereocenters. The van der Waals surface area contributed by atoms with E-state index in [1.807, 2.05) is 32.0 Å². The summed E-state index contributed by atoms with van der Waals surface area (Å²) >= 11 is 6.35. The van der Waals surface area contributed by atoms with Crippen LogP contribution in [-0.4, -0.2) is 31.1 Å². The summed E-state index contributed by atoms with van der Waals surface area (Å²) < 4.78 is 0. The van der Waals surface area contributed by atoms with E-state index in [0.717, 1.165) is 35.9 Å². The Bertz CT molecular complexity index is 502. The maximum atomic E-state index is 12.0. The minimum atomic E-state index is -0.551. The zero-order valence-corrected chi connectivity index (χ0v) is 13.0. The van der Waals surface area contributed by atoms with Gasteiger partial charge < -0.3 is 15.5 Å². The van der Waals surface area contributed by atoms with Crippen LogP contribution in [0.3, 0.4) is 0 Å². The molecule has 4 nitrogen and oxygen atoms in total. The van der Waals surface area contributed by atoms with E-state index in [1.54, 1.807) is 0 Å². The average molecular weight is 296 g/mol. The molecule has 0 radical (unpaired) electrons. The predicted octanol–water partition coefficient (Wildman–Crippen LogP) is 2.16. The van der Waals surface area contributed by atoms with Crippen LogP contribution in [-0.2, 0) is 11.3 Å². The van der Waals surface area contributed by atoms with Crippen molar-refractivity contribution in [3.05, 3.63) is 28.8 Å². The Labute approximate surface area is 125 Å². The Kier molecular flexibility index (Phi) is 4.55. The number of hydrogen-bond acceptors (Lipinski definition) is 3. The molecule has 2 rings (SSSR count). The molecule has 1 amide bonds. The third-order valence-corrected chi connectivity index (χ3v) is 4.12. The van der Waals surface area contributed by atoms with Crippen LogP contribution in [0.1, 0.15) is 26.3 Å². The van der Waals surface area contributed by atoms with E-state index in [4.69, 9.17) is 11.6 Å². The SMILES string of the molecule is CCNCc1ccc(N2CCNC(=O)C2(C)C)cc1Cl. The predicted molar refractivity (Wildman–Crippen MR) is 83.3 cm³/mol. The number of benzene rings is 1. The molecule has 110 valence electrons. The van der Waals surface area contributed by atoms with Crippen molar-refractivity contribution in [1.29, 1.82) is 0 Å². The summed E-state index contributed by atoms with van der Waals surface area (Å²) in [5.74, 6) is 0.0524. The van der Waals surface area contributed by atoms with Gasteiger partial charge in [0, 0.05) is 30.3 Å². The van der Waals surface area contributed by atoms with Crippen LogP contribution in [0, 0.1) is 0 Å². The van der Waals surface area contributed by atoms with Crippen LogP contribution in [0.25, 0.3) is 0 Å². The first-order valence-corrected chi connectivity index (χ1v) is 7.39. The molecule has 2 N–H and O–H groups in total. The van der Waals surface area contributed by atoms with Crippen molar-refractivity contribution in [2.45, 2.75) is 32.9 Å². The van der Waals surface area contributed by atoms with Crippen LogP contribution >= 0.6 is 11.6 Å². The molecule has 0 aromatic heterocycles. The van der Waals surface area contributed by atoms with Gasteiger partial charge in [0.2, 0.25) is 5.91 Å². The highest BCUT2D eigenvalue weighted by Crippen LogP contribution is 2.29. The van der Waals surface area contributed by atoms with Crippen LogP contribution in [0.2, 0.25) is 5.02 Å². The van der Waals surface area contributed by atoms with Gasteiger partial charge in [0.15, 0.2) is 0 Å². The molecule has 0 spiro atoms. The lowest BCUT2D eigenvalue weighted by molar-refractivity contribution is -0.126. The standard InChI is InChI=1S/C15H22ClN3O/c1-4-17-10-11-5-6-12(9-13(11)16)19-8-7-18-14(20)15(19,2)3/h5-6,9,17H,4,7-8,10H2,1-3H3,(H,18,20). The largest absolute Gasteiger partial charge is 0.356 e. The van der Waals surface area contributed by atoms with Crippen LogP contribution in [0.5, 0.6) is 0 Å². The Balaban J connectivity index is 2.24. The molecular weight excluding hydrogens is 274 g/mol. The minimum absolute atomic E-state index is 0.0524. The van der Waals surface area contributed by atoms with Gasteiger partial charge in [-0.25, -0.2) is 0 Å². The normalized spacial score (nSPS) is 18.0. The second kappa shape index (κ2) is 6.02. The highest BCUT2D eigenvalue weighted by Gasteiger charge is 2.37. The lowest BCUT2D eigenvalue weighted by Gasteiger charge is -2.43. The number of halogens is 1. The van der Waals surface area contributed by atoms with E-state index >= 15 is 0 Å². The van der Waals surface area contributed by atoms with Gasteiger partial charge in [-0.2, -0.15) is 0 Å². The highest BCUT2D eigenvalue weighted by atomic mass is 35.5. The summed E-state index contributed by atoms with van der Waals surface area (Å²) in [6.07, 6.45) is 0. The number of nitrogens with zero attached hydrogens (tertiary/aromatic N) is 1. The number of carbonyl (C=O) groups is 1. The molecule has 0 saturated carbocycles. The minimum Gasteiger partial charge on any atom is -0.356 e. The smallest absolute Gasteiger partial charge is 0.245 e. The van der Waals surface area contributed by atoms with Gasteiger partial charge in [-0.1, -0.05) is 24.6 Å². The molecule has 1 fully saturated rings. The van der Waals surface area contributed by atoms with Crippen LogP contribution in [0.15, 0.2) is 18.2 Å². The Morgan fingerprint density at radius 2 is 2.20 bits per heavy atom. The lowest BCUT2D eigenvalue weighted by atomic mass is 9.97. The first-order chi connectivity index (χ1) is 9.46. The number of carbonyl (C=O) groups excluding carboxylic acids is 1. The summed E-state index contributed by atoms with van der Waals surface area (Å²) in [6, 6.07) is 6.02. The fourth-order valence-electron chi connectivity index (χ4n) is 2.46. The molecule has 1 aromatic rings. The topological polar surface area (TPSA) is 44.4 Å². The van der Waals surface area contributed by atoms with Gasteiger partial charge in [0.05, 0.1) is 0 Å². The zero-order valence-electron chi connectivity index (χ0n) is 12.3. The molecule has 1 saturated heterocycles. The number of hydrogen-bond donors (Lipinski definition) is 2. The second-order valence-electron chi connectivity index (χ2n) is 5.52. The molecule has 0 atom stereocenters. The van der Waals surface area contributed by atoms with Crippen molar-refractivity contribution in [3.8, 4) is 0 Å². The van der Waals surface area contributed by atoms with Gasteiger partial charge in [-0.05, 0) is 38.1 Å². The van der Waals surface area contributed by atoms with Gasteiger partial charge in [0.25, 0.3) is 0 Å². The van der Waals surface area contributed by atoms with E-state index < -0.39 is 5.54 Å². The summed E-state index contributed by atoms with van der Waals surface area (Å²) in [6.45, 7) is 9.07. The van der Waals surface area contributed by atoms with E-state index in [2.05, 4.69) is 22.5 Å². The monoisotopic (exact) mass is 295 g/mol. The summed E-state index contributed by atoms with van der Waals surface area (Å²) in [5, 5.41) is 6.91. The molecule has 1 aromatic carbocycles. The van der Waals surface area contributed by atoms with Gasteiger partial charge in [-0.15, -0.1) is 0 Å². The average Bonchev–Trinajstić information content (AvgIpc) is 2.40. The molecule has 1 aliphatic rings. The Hall–Kier alpha value is -1.26. The summed E-state index contributed by atoms with van der Waals surface area (Å²) in [7, 11) is 0. The van der Waals surface area contributed by atoms with Crippen LogP contribution < -0.4 is 15.5 Å². The highest BCUT2D eigenvalue weighted by molar-refractivity contribution is 6.31. The third kappa shape index (κ3) is 2.91. The molecule has 0 bridgehead atoms. The number of nitrogens with one attached hydrogen (secondary N) is 2. The van der Waals surface area contributed by atoms with Crippen molar-refractivity contribution in [2.24, 2.45) is 0 Å². The van der Waals surface area contributed by atoms with Gasteiger partial charge in [-0.3, -0.25) is 4.79 Å². The van der Waals surface area contributed by atoms with E-state index in [0.29, 0.717) is 6.54 Å². The number of rotatable bonds is 4. The molecular formula is C15H22ClN3O. The Morgan fingerprint density at radius 1 is 1.45 bits per heavy atom. The fourth-order valence-corrected chi connectivity index (χ4v) is 2.70. The maximum Gasteiger partial charge on any atom is 0.245 e. The zero-order chi connectivity index (χ0) is 14.8. The van der Waals surface area contributed by atoms with Crippen LogP contribution in [0.4, 0.5) is 5.69 Å². The summed E-state index contributed by atoms with van der Waals surface area (Å²) in [4.78, 5) is 14.1. The fraction of sp³-hybridized carbons (Fsp3) is 0.533. The van der Waals surface area contributed by atoms with Crippen molar-refractivity contribution < 1.29 is 4.79 Å². The van der Waals surface area contributed by atoms with E-state index in [9.17, 15) is 4.79 Å². The van der Waals surface area contributed by atoms with E-state index in [-0.39, 0.29) is 5.91 Å². The summed E-state index contributed by atoms with van der Waals surface area (Å²) in [5.41, 5.74) is 1.52. The van der Waals surface area contributed by atoms with E-state index in [1.165, 1.54) is 0 Å². The molecule has 20 heavy (non-hydrogen) atoms. The van der Waals surface area contributed by atoms with Crippen molar-refractivity contribution in [1.82, 2.24) is 10.6 Å². The second-order valence-corrected chi connectivity index (χ2v) is 5.93. The van der Waals surface area contributed by atoms with Crippen molar-refractivity contribution >= 4 is 23.2 Å². The quantitative estimate of drug-likeness (QED) is 0.895. The number of anilines is 1. The molecule has 0 aliphatic carbocycles. The first-order valence-electron chi connectivity index (χ1n) is 7.02. The lowest BCUT2D eigenvalue weighted by Crippen LogP contribution is -2.62. The third-order valence-electron chi connectivity index (χ3n) is 3.77. The molecule has 5 heteroatoms. The van der Waals surface area contributed by atoms with Gasteiger partial charge in [0.1, 0.15) is 5.54 Å². The number of piperazine rings is 1. The van der Waals surface area contributed by atoms with Crippen molar-refractivity contribution in [3.63, 3.8) is 0 Å². The number of amides is 1. The molecule has 1 heterocycles.